The number of anilines is 1. The first-order valence-electron chi connectivity index (χ1n) is 5.21. The molecule has 2 nitrogen and oxygen atoms in total. The summed E-state index contributed by atoms with van der Waals surface area (Å²) in [5.41, 5.74) is 9.01. The maximum atomic E-state index is 5.66. The minimum atomic E-state index is 0.489. The van der Waals surface area contributed by atoms with Crippen LogP contribution < -0.4 is 11.1 Å². The van der Waals surface area contributed by atoms with Crippen molar-refractivity contribution in [2.75, 3.05) is 12.8 Å². The topological polar surface area (TPSA) is 38.0 Å². The Morgan fingerprint density at radius 1 is 1.27 bits per heavy atom. The molecule has 0 saturated heterocycles. The van der Waals surface area contributed by atoms with Crippen LogP contribution in [0.2, 0.25) is 0 Å². The van der Waals surface area contributed by atoms with Crippen LogP contribution in [-0.2, 0) is 0 Å². The first-order valence-corrected chi connectivity index (χ1v) is 5.21. The molecular formula is C13H16N2. The Hall–Kier alpha value is -1.70. The molecule has 0 saturated carbocycles. The fraction of sp³-hybridized carbons (Fsp3) is 0.231. The summed E-state index contributed by atoms with van der Waals surface area (Å²) in [7, 11) is 1.94. The average Bonchev–Trinajstić information content (AvgIpc) is 2.30. The van der Waals surface area contributed by atoms with Crippen molar-refractivity contribution in [1.82, 2.24) is 5.32 Å². The number of allylic oxidation sites excluding steroid dienone is 3. The molecule has 1 unspecified atom stereocenters. The van der Waals surface area contributed by atoms with Crippen LogP contribution in [0, 0.1) is 0 Å². The SMILES string of the molecule is CNC1=CCC(c2ccc(N)cc2)C=C1. The van der Waals surface area contributed by atoms with E-state index in [1.807, 2.05) is 19.2 Å². The molecule has 78 valence electrons. The first kappa shape index (κ1) is 9.84. The predicted octanol–water partition coefficient (Wildman–Crippen LogP) is 2.42. The van der Waals surface area contributed by atoms with E-state index in [4.69, 9.17) is 5.73 Å². The van der Waals surface area contributed by atoms with Crippen LogP contribution in [0.3, 0.4) is 0 Å². The lowest BCUT2D eigenvalue weighted by Gasteiger charge is -2.16. The van der Waals surface area contributed by atoms with E-state index in [2.05, 4.69) is 35.7 Å². The Bertz CT molecular complexity index is 388. The highest BCUT2D eigenvalue weighted by Crippen LogP contribution is 2.26. The Morgan fingerprint density at radius 2 is 2.00 bits per heavy atom. The smallest absolute Gasteiger partial charge is 0.0314 e. The number of nitrogens with two attached hydrogens (primary N) is 1. The highest BCUT2D eigenvalue weighted by molar-refractivity contribution is 5.42. The Kier molecular flexibility index (Phi) is 2.77. The maximum absolute atomic E-state index is 5.66. The van der Waals surface area contributed by atoms with Crippen LogP contribution in [0.5, 0.6) is 0 Å². The summed E-state index contributed by atoms with van der Waals surface area (Å²) in [5, 5.41) is 3.14. The standard InChI is InChI=1S/C13H16N2/c1-15-13-8-4-11(5-9-13)10-2-6-12(14)7-3-10/h2-4,6-9,11,15H,5,14H2,1H3. The van der Waals surface area contributed by atoms with Gasteiger partial charge in [0.2, 0.25) is 0 Å². The minimum Gasteiger partial charge on any atom is -0.399 e. The molecule has 15 heavy (non-hydrogen) atoms. The van der Waals surface area contributed by atoms with E-state index in [1.165, 1.54) is 11.3 Å². The quantitative estimate of drug-likeness (QED) is 0.719. The van der Waals surface area contributed by atoms with Gasteiger partial charge < -0.3 is 11.1 Å². The van der Waals surface area contributed by atoms with Crippen LogP contribution in [0.15, 0.2) is 48.2 Å². The molecule has 1 atom stereocenters. The molecule has 0 radical (unpaired) electrons. The number of rotatable bonds is 2. The fourth-order valence-electron chi connectivity index (χ4n) is 1.80. The highest BCUT2D eigenvalue weighted by Gasteiger charge is 2.09. The molecule has 2 rings (SSSR count). The molecule has 3 N–H and O–H groups in total. The highest BCUT2D eigenvalue weighted by atomic mass is 14.8. The second kappa shape index (κ2) is 4.22. The molecule has 1 aliphatic carbocycles. The van der Waals surface area contributed by atoms with Crippen LogP contribution in [-0.4, -0.2) is 7.05 Å². The van der Waals surface area contributed by atoms with Crippen LogP contribution in [0.25, 0.3) is 0 Å². The van der Waals surface area contributed by atoms with E-state index in [0.717, 1.165) is 12.1 Å². The van der Waals surface area contributed by atoms with Crippen molar-refractivity contribution in [1.29, 1.82) is 0 Å². The Labute approximate surface area is 90.5 Å². The van der Waals surface area contributed by atoms with Crippen LogP contribution >= 0.6 is 0 Å². The summed E-state index contributed by atoms with van der Waals surface area (Å²) in [6.45, 7) is 0. The van der Waals surface area contributed by atoms with Gasteiger partial charge in [0.25, 0.3) is 0 Å². The first-order chi connectivity index (χ1) is 7.29. The molecule has 1 aliphatic rings. The zero-order valence-electron chi connectivity index (χ0n) is 8.90. The van der Waals surface area contributed by atoms with Gasteiger partial charge in [0, 0.05) is 24.4 Å². The molecule has 0 aromatic heterocycles. The van der Waals surface area contributed by atoms with Crippen LogP contribution in [0.1, 0.15) is 17.9 Å². The molecule has 0 aliphatic heterocycles. The molecule has 0 spiro atoms. The second-order valence-electron chi connectivity index (χ2n) is 3.78. The molecule has 0 heterocycles. The van der Waals surface area contributed by atoms with Gasteiger partial charge in [-0.3, -0.25) is 0 Å². The van der Waals surface area contributed by atoms with Gasteiger partial charge in [-0.1, -0.05) is 24.3 Å². The lowest BCUT2D eigenvalue weighted by molar-refractivity contribution is 0.826. The molecule has 0 bridgehead atoms. The third-order valence-electron chi connectivity index (χ3n) is 2.75. The summed E-state index contributed by atoms with van der Waals surface area (Å²) < 4.78 is 0. The van der Waals surface area contributed by atoms with Gasteiger partial charge in [0.15, 0.2) is 0 Å². The molecular weight excluding hydrogens is 184 g/mol. The van der Waals surface area contributed by atoms with Gasteiger partial charge in [-0.05, 0) is 30.2 Å². The van der Waals surface area contributed by atoms with Crippen molar-refractivity contribution in [3.8, 4) is 0 Å². The lowest BCUT2D eigenvalue weighted by Crippen LogP contribution is -2.08. The van der Waals surface area contributed by atoms with Gasteiger partial charge in [-0.25, -0.2) is 0 Å². The number of nitrogen functional groups attached to an aromatic ring is 1. The molecule has 1 aromatic rings. The number of nitrogens with one attached hydrogen (secondary N) is 1. The van der Waals surface area contributed by atoms with Crippen LogP contribution in [0.4, 0.5) is 5.69 Å². The Morgan fingerprint density at radius 3 is 2.53 bits per heavy atom. The zero-order chi connectivity index (χ0) is 10.7. The molecule has 2 heteroatoms. The van der Waals surface area contributed by atoms with E-state index in [1.54, 1.807) is 0 Å². The molecule has 0 fully saturated rings. The summed E-state index contributed by atoms with van der Waals surface area (Å²) in [4.78, 5) is 0. The summed E-state index contributed by atoms with van der Waals surface area (Å²) in [6.07, 6.45) is 7.64. The third kappa shape index (κ3) is 2.21. The number of hydrogen-bond donors (Lipinski definition) is 2. The van der Waals surface area contributed by atoms with Crippen molar-refractivity contribution in [3.63, 3.8) is 0 Å². The zero-order valence-corrected chi connectivity index (χ0v) is 8.90. The minimum absolute atomic E-state index is 0.489. The van der Waals surface area contributed by atoms with E-state index >= 15 is 0 Å². The van der Waals surface area contributed by atoms with Crippen molar-refractivity contribution >= 4 is 5.69 Å². The summed E-state index contributed by atoms with van der Waals surface area (Å²) in [5.74, 6) is 0.489. The van der Waals surface area contributed by atoms with Gasteiger partial charge in [0.05, 0.1) is 0 Å². The molecule has 0 amide bonds. The second-order valence-corrected chi connectivity index (χ2v) is 3.78. The predicted molar refractivity (Wildman–Crippen MR) is 64.5 cm³/mol. The van der Waals surface area contributed by atoms with E-state index in [9.17, 15) is 0 Å². The average molecular weight is 200 g/mol. The maximum Gasteiger partial charge on any atom is 0.0314 e. The van der Waals surface area contributed by atoms with Crippen molar-refractivity contribution in [2.45, 2.75) is 12.3 Å². The van der Waals surface area contributed by atoms with Gasteiger partial charge in [0.1, 0.15) is 0 Å². The van der Waals surface area contributed by atoms with Crippen molar-refractivity contribution in [2.24, 2.45) is 0 Å². The Balaban J connectivity index is 2.12. The number of hydrogen-bond acceptors (Lipinski definition) is 2. The van der Waals surface area contributed by atoms with E-state index < -0.39 is 0 Å². The van der Waals surface area contributed by atoms with Crippen molar-refractivity contribution in [3.05, 3.63) is 53.8 Å². The number of likely N-dealkylation sites (N-methyl/N-ethyl adjacent to an activating group) is 1. The largest absolute Gasteiger partial charge is 0.399 e. The number of benzene rings is 1. The third-order valence-corrected chi connectivity index (χ3v) is 2.75. The van der Waals surface area contributed by atoms with E-state index in [0.29, 0.717) is 5.92 Å². The van der Waals surface area contributed by atoms with Crippen molar-refractivity contribution < 1.29 is 0 Å². The lowest BCUT2D eigenvalue weighted by atomic mass is 9.91. The van der Waals surface area contributed by atoms with E-state index in [-0.39, 0.29) is 0 Å². The monoisotopic (exact) mass is 200 g/mol. The molecule has 1 aromatic carbocycles. The summed E-state index contributed by atoms with van der Waals surface area (Å²) in [6, 6.07) is 8.12. The summed E-state index contributed by atoms with van der Waals surface area (Å²) >= 11 is 0. The van der Waals surface area contributed by atoms with Gasteiger partial charge >= 0.3 is 0 Å². The van der Waals surface area contributed by atoms with Gasteiger partial charge in [-0.15, -0.1) is 0 Å². The fourth-order valence-corrected chi connectivity index (χ4v) is 1.80. The van der Waals surface area contributed by atoms with Gasteiger partial charge in [-0.2, -0.15) is 0 Å². The normalized spacial score (nSPS) is 19.8.